The highest BCUT2D eigenvalue weighted by Crippen LogP contribution is 2.23. The van der Waals surface area contributed by atoms with Crippen molar-refractivity contribution >= 4 is 5.91 Å². The summed E-state index contributed by atoms with van der Waals surface area (Å²) >= 11 is 0. The fraction of sp³-hybridized carbons (Fsp3) is 0.444. The zero-order chi connectivity index (χ0) is 17.0. The second-order valence-electron chi connectivity index (χ2n) is 5.84. The van der Waals surface area contributed by atoms with Gasteiger partial charge in [-0.25, -0.2) is 0 Å². The Hall–Kier alpha value is -2.30. The molecule has 0 saturated carbocycles. The molecule has 2 aromatic rings. The average molecular weight is 316 g/mol. The summed E-state index contributed by atoms with van der Waals surface area (Å²) in [5.74, 6) is 1.18. The van der Waals surface area contributed by atoms with Crippen LogP contribution in [0.4, 0.5) is 0 Å². The molecule has 0 spiro atoms. The van der Waals surface area contributed by atoms with Gasteiger partial charge in [-0.2, -0.15) is 0 Å². The molecule has 1 amide bonds. The zero-order valence-electron chi connectivity index (χ0n) is 14.4. The fourth-order valence-corrected chi connectivity index (χ4v) is 2.16. The standard InChI is InChI=1S/C18H24N2O3/c1-6-12(3)19-18(21)17-15(14(5)23-20-17)10-22-16-9-7-8-11(2)13(16)4/h7-9,12H,6,10H2,1-5H3,(H,19,21). The van der Waals surface area contributed by atoms with E-state index in [-0.39, 0.29) is 18.6 Å². The summed E-state index contributed by atoms with van der Waals surface area (Å²) in [5.41, 5.74) is 3.24. The van der Waals surface area contributed by atoms with Crippen molar-refractivity contribution in [1.29, 1.82) is 0 Å². The summed E-state index contributed by atoms with van der Waals surface area (Å²) in [5, 5.41) is 6.79. The van der Waals surface area contributed by atoms with Gasteiger partial charge in [0.05, 0.1) is 5.56 Å². The van der Waals surface area contributed by atoms with Crippen LogP contribution in [0, 0.1) is 20.8 Å². The van der Waals surface area contributed by atoms with Crippen molar-refractivity contribution in [3.63, 3.8) is 0 Å². The van der Waals surface area contributed by atoms with Gasteiger partial charge in [-0.15, -0.1) is 0 Å². The summed E-state index contributed by atoms with van der Waals surface area (Å²) in [7, 11) is 0. The lowest BCUT2D eigenvalue weighted by Crippen LogP contribution is -2.32. The van der Waals surface area contributed by atoms with Gasteiger partial charge in [-0.1, -0.05) is 24.2 Å². The molecule has 1 N–H and O–H groups in total. The Morgan fingerprint density at radius 3 is 2.78 bits per heavy atom. The number of nitrogens with one attached hydrogen (secondary N) is 1. The molecule has 1 aromatic carbocycles. The number of benzene rings is 1. The minimum absolute atomic E-state index is 0.0901. The van der Waals surface area contributed by atoms with Crippen molar-refractivity contribution < 1.29 is 14.1 Å². The SMILES string of the molecule is CCC(C)NC(=O)c1noc(C)c1COc1cccc(C)c1C. The van der Waals surface area contributed by atoms with Gasteiger partial charge < -0.3 is 14.6 Å². The first-order valence-electron chi connectivity index (χ1n) is 7.89. The maximum atomic E-state index is 12.3. The van der Waals surface area contributed by atoms with Gasteiger partial charge in [-0.3, -0.25) is 4.79 Å². The molecule has 0 aliphatic rings. The van der Waals surface area contributed by atoms with Crippen molar-refractivity contribution in [3.05, 3.63) is 46.3 Å². The van der Waals surface area contributed by atoms with Crippen LogP contribution in [-0.4, -0.2) is 17.1 Å². The van der Waals surface area contributed by atoms with Crippen LogP contribution < -0.4 is 10.1 Å². The molecule has 2 rings (SSSR count). The molecule has 1 atom stereocenters. The van der Waals surface area contributed by atoms with Crippen LogP contribution in [0.2, 0.25) is 0 Å². The number of nitrogens with zero attached hydrogens (tertiary/aromatic N) is 1. The predicted octanol–water partition coefficient (Wildman–Crippen LogP) is 3.71. The lowest BCUT2D eigenvalue weighted by Gasteiger charge is -2.12. The topological polar surface area (TPSA) is 64.4 Å². The van der Waals surface area contributed by atoms with Crippen LogP contribution in [0.15, 0.2) is 22.7 Å². The molecule has 124 valence electrons. The van der Waals surface area contributed by atoms with Gasteiger partial charge >= 0.3 is 0 Å². The van der Waals surface area contributed by atoms with Crippen LogP contribution in [-0.2, 0) is 6.61 Å². The Labute approximate surface area is 137 Å². The van der Waals surface area contributed by atoms with Gasteiger partial charge in [0.15, 0.2) is 5.69 Å². The molecular weight excluding hydrogens is 292 g/mol. The number of ether oxygens (including phenoxy) is 1. The molecule has 5 heteroatoms. The normalized spacial score (nSPS) is 12.0. The van der Waals surface area contributed by atoms with Crippen molar-refractivity contribution in [1.82, 2.24) is 10.5 Å². The molecule has 0 aliphatic heterocycles. The largest absolute Gasteiger partial charge is 0.488 e. The van der Waals surface area contributed by atoms with Crippen molar-refractivity contribution in [3.8, 4) is 5.75 Å². The summed E-state index contributed by atoms with van der Waals surface area (Å²) in [6, 6.07) is 6.00. The first-order valence-corrected chi connectivity index (χ1v) is 7.89. The van der Waals surface area contributed by atoms with Gasteiger partial charge in [0.1, 0.15) is 18.1 Å². The van der Waals surface area contributed by atoms with E-state index >= 15 is 0 Å². The third-order valence-corrected chi connectivity index (χ3v) is 4.12. The van der Waals surface area contributed by atoms with E-state index in [1.165, 1.54) is 5.56 Å². The maximum absolute atomic E-state index is 12.3. The van der Waals surface area contributed by atoms with Crippen molar-refractivity contribution in [2.75, 3.05) is 0 Å². The molecular formula is C18H24N2O3. The van der Waals surface area contributed by atoms with E-state index in [2.05, 4.69) is 10.5 Å². The fourth-order valence-electron chi connectivity index (χ4n) is 2.16. The van der Waals surface area contributed by atoms with Gasteiger partial charge in [-0.05, 0) is 51.3 Å². The van der Waals surface area contributed by atoms with Gasteiger partial charge in [0, 0.05) is 6.04 Å². The van der Waals surface area contributed by atoms with Gasteiger partial charge in [0.2, 0.25) is 0 Å². The van der Waals surface area contributed by atoms with E-state index in [9.17, 15) is 4.79 Å². The smallest absolute Gasteiger partial charge is 0.274 e. The summed E-state index contributed by atoms with van der Waals surface area (Å²) in [6.07, 6.45) is 0.858. The lowest BCUT2D eigenvalue weighted by atomic mass is 10.1. The number of carbonyl (C=O) groups is 1. The second-order valence-corrected chi connectivity index (χ2v) is 5.84. The number of hydrogen-bond donors (Lipinski definition) is 1. The average Bonchev–Trinajstić information content (AvgIpc) is 2.89. The quantitative estimate of drug-likeness (QED) is 0.882. The third kappa shape index (κ3) is 3.92. The van der Waals surface area contributed by atoms with Crippen LogP contribution >= 0.6 is 0 Å². The Morgan fingerprint density at radius 1 is 1.35 bits per heavy atom. The first-order chi connectivity index (χ1) is 10.9. The summed E-state index contributed by atoms with van der Waals surface area (Å²) in [6.45, 7) is 10.1. The number of carbonyl (C=O) groups excluding carboxylic acids is 1. The number of aromatic nitrogens is 1. The second kappa shape index (κ2) is 7.31. The first kappa shape index (κ1) is 17.1. The lowest BCUT2D eigenvalue weighted by molar-refractivity contribution is 0.0928. The van der Waals surface area contributed by atoms with Crippen LogP contribution in [0.1, 0.15) is 53.2 Å². The number of rotatable bonds is 6. The highest BCUT2D eigenvalue weighted by molar-refractivity contribution is 5.93. The molecule has 1 aromatic heterocycles. The van der Waals surface area contributed by atoms with E-state index in [0.29, 0.717) is 17.0 Å². The molecule has 0 saturated heterocycles. The van der Waals surface area contributed by atoms with E-state index in [1.54, 1.807) is 6.92 Å². The van der Waals surface area contributed by atoms with Crippen LogP contribution in [0.25, 0.3) is 0 Å². The molecule has 23 heavy (non-hydrogen) atoms. The number of amides is 1. The maximum Gasteiger partial charge on any atom is 0.274 e. The third-order valence-electron chi connectivity index (χ3n) is 4.12. The molecule has 0 aliphatic carbocycles. The van der Waals surface area contributed by atoms with E-state index in [0.717, 1.165) is 17.7 Å². The monoisotopic (exact) mass is 316 g/mol. The Morgan fingerprint density at radius 2 is 2.09 bits per heavy atom. The molecule has 1 unspecified atom stereocenters. The molecule has 1 heterocycles. The minimum Gasteiger partial charge on any atom is -0.488 e. The van der Waals surface area contributed by atoms with E-state index in [4.69, 9.17) is 9.26 Å². The van der Waals surface area contributed by atoms with Crippen molar-refractivity contribution in [2.45, 2.75) is 53.7 Å². The molecule has 5 nitrogen and oxygen atoms in total. The van der Waals surface area contributed by atoms with E-state index in [1.807, 2.05) is 45.9 Å². The van der Waals surface area contributed by atoms with E-state index < -0.39 is 0 Å². The number of hydrogen-bond acceptors (Lipinski definition) is 4. The predicted molar refractivity (Wildman–Crippen MR) is 88.7 cm³/mol. The van der Waals surface area contributed by atoms with Crippen molar-refractivity contribution in [2.24, 2.45) is 0 Å². The summed E-state index contributed by atoms with van der Waals surface area (Å²) < 4.78 is 11.1. The number of aryl methyl sites for hydroxylation is 2. The Bertz CT molecular complexity index is 692. The van der Waals surface area contributed by atoms with Gasteiger partial charge in [0.25, 0.3) is 5.91 Å². The highest BCUT2D eigenvalue weighted by Gasteiger charge is 2.21. The van der Waals surface area contributed by atoms with Crippen LogP contribution in [0.3, 0.4) is 0 Å². The zero-order valence-corrected chi connectivity index (χ0v) is 14.4. The Balaban J connectivity index is 2.16. The molecule has 0 fully saturated rings. The van der Waals surface area contributed by atoms with Crippen LogP contribution in [0.5, 0.6) is 5.75 Å². The molecule has 0 radical (unpaired) electrons. The minimum atomic E-state index is -0.226. The highest BCUT2D eigenvalue weighted by atomic mass is 16.5. The molecule has 0 bridgehead atoms. The summed E-state index contributed by atoms with van der Waals surface area (Å²) in [4.78, 5) is 12.3. The Kier molecular flexibility index (Phi) is 5.42.